The zero-order valence-corrected chi connectivity index (χ0v) is 18.6. The standard InChI is InChI=1S/C26H29FN2O3/c1-28(2)14-7-15-29-23(20-10-5-6-11-21(20)27)22(25(31)26(29)32)24(30)19-13-12-17-8-3-4-9-18(17)16-19/h5-6,10-13,16,23,30H,3-4,7-9,14-15H2,1-2H3/b24-22+. The fourth-order valence-electron chi connectivity index (χ4n) is 4.72. The van der Waals surface area contributed by atoms with Crippen LogP contribution in [0, 0.1) is 5.82 Å². The van der Waals surface area contributed by atoms with Crippen LogP contribution in [0.1, 0.15) is 47.6 Å². The van der Waals surface area contributed by atoms with Gasteiger partial charge in [-0.05, 0) is 76.0 Å². The van der Waals surface area contributed by atoms with Gasteiger partial charge in [0.15, 0.2) is 0 Å². The summed E-state index contributed by atoms with van der Waals surface area (Å²) in [6.45, 7) is 1.01. The maximum absolute atomic E-state index is 14.8. The van der Waals surface area contributed by atoms with Crippen LogP contribution < -0.4 is 0 Å². The maximum atomic E-state index is 14.8. The Balaban J connectivity index is 1.80. The lowest BCUT2D eigenvalue weighted by atomic mass is 9.88. The number of aryl methyl sites for hydroxylation is 2. The lowest BCUT2D eigenvalue weighted by Crippen LogP contribution is -2.32. The van der Waals surface area contributed by atoms with Gasteiger partial charge in [0.2, 0.25) is 0 Å². The van der Waals surface area contributed by atoms with E-state index in [1.165, 1.54) is 16.5 Å². The second-order valence-corrected chi connectivity index (χ2v) is 8.86. The maximum Gasteiger partial charge on any atom is 0.295 e. The molecule has 1 aliphatic carbocycles. The van der Waals surface area contributed by atoms with E-state index in [2.05, 4.69) is 0 Å². The topological polar surface area (TPSA) is 60.9 Å². The van der Waals surface area contributed by atoms with Crippen LogP contribution in [0.5, 0.6) is 0 Å². The molecule has 0 aromatic heterocycles. The molecule has 2 aromatic rings. The molecule has 0 radical (unpaired) electrons. The number of rotatable bonds is 6. The summed E-state index contributed by atoms with van der Waals surface area (Å²) in [6, 6.07) is 10.9. The normalized spacial score (nSPS) is 20.1. The minimum absolute atomic E-state index is 0.0410. The van der Waals surface area contributed by atoms with Crippen molar-refractivity contribution >= 4 is 17.4 Å². The molecule has 2 aliphatic rings. The highest BCUT2D eigenvalue weighted by Crippen LogP contribution is 2.40. The summed E-state index contributed by atoms with van der Waals surface area (Å²) in [5.41, 5.74) is 3.08. The first-order valence-electron chi connectivity index (χ1n) is 11.2. The van der Waals surface area contributed by atoms with Crippen molar-refractivity contribution in [2.45, 2.75) is 38.1 Å². The molecule has 168 valence electrons. The first kappa shape index (κ1) is 22.2. The zero-order chi connectivity index (χ0) is 22.8. The summed E-state index contributed by atoms with van der Waals surface area (Å²) in [5.74, 6) is -2.21. The average Bonchev–Trinajstić information content (AvgIpc) is 3.03. The van der Waals surface area contributed by atoms with E-state index in [-0.39, 0.29) is 16.9 Å². The molecule has 6 heteroatoms. The molecule has 1 heterocycles. The van der Waals surface area contributed by atoms with Crippen molar-refractivity contribution in [3.63, 3.8) is 0 Å². The second-order valence-electron chi connectivity index (χ2n) is 8.86. The minimum Gasteiger partial charge on any atom is -0.507 e. The number of likely N-dealkylation sites (tertiary alicyclic amines) is 1. The number of Topliss-reactive ketones (excluding diaryl/α,β-unsaturated/α-hetero) is 1. The minimum atomic E-state index is -0.950. The summed E-state index contributed by atoms with van der Waals surface area (Å²) in [6.07, 6.45) is 4.78. The Labute approximate surface area is 188 Å². The van der Waals surface area contributed by atoms with Crippen LogP contribution in [0.15, 0.2) is 48.0 Å². The van der Waals surface area contributed by atoms with Gasteiger partial charge in [0.25, 0.3) is 11.7 Å². The third-order valence-electron chi connectivity index (χ3n) is 6.37. The molecule has 0 bridgehead atoms. The number of carbonyl (C=O) groups is 2. The molecule has 1 fully saturated rings. The number of aliphatic hydroxyl groups excluding tert-OH is 1. The zero-order valence-electron chi connectivity index (χ0n) is 18.6. The first-order chi connectivity index (χ1) is 15.4. The molecule has 1 aliphatic heterocycles. The van der Waals surface area contributed by atoms with E-state index in [4.69, 9.17) is 0 Å². The van der Waals surface area contributed by atoms with E-state index in [9.17, 15) is 19.1 Å². The van der Waals surface area contributed by atoms with E-state index in [0.29, 0.717) is 18.5 Å². The largest absolute Gasteiger partial charge is 0.507 e. The molecule has 2 aromatic carbocycles. The van der Waals surface area contributed by atoms with Crippen LogP contribution >= 0.6 is 0 Å². The Hall–Kier alpha value is -2.99. The molecule has 5 nitrogen and oxygen atoms in total. The van der Waals surface area contributed by atoms with Crippen molar-refractivity contribution in [3.05, 3.63) is 76.1 Å². The Morgan fingerprint density at radius 2 is 1.81 bits per heavy atom. The van der Waals surface area contributed by atoms with Gasteiger partial charge in [-0.2, -0.15) is 0 Å². The van der Waals surface area contributed by atoms with Crippen LogP contribution in [0.3, 0.4) is 0 Å². The summed E-state index contributed by atoms with van der Waals surface area (Å²) in [7, 11) is 3.86. The number of halogens is 1. The first-order valence-corrected chi connectivity index (χ1v) is 11.2. The molecule has 0 saturated carbocycles. The number of hydrogen-bond donors (Lipinski definition) is 1. The van der Waals surface area contributed by atoms with Crippen LogP contribution in [-0.2, 0) is 22.4 Å². The van der Waals surface area contributed by atoms with Gasteiger partial charge in [0.05, 0.1) is 11.6 Å². The van der Waals surface area contributed by atoms with Gasteiger partial charge in [0.1, 0.15) is 11.6 Å². The number of hydrogen-bond acceptors (Lipinski definition) is 4. The van der Waals surface area contributed by atoms with Gasteiger partial charge in [0, 0.05) is 17.7 Å². The Bertz CT molecular complexity index is 1080. The predicted molar refractivity (Wildman–Crippen MR) is 122 cm³/mol. The molecular formula is C26H29FN2O3. The summed E-state index contributed by atoms with van der Waals surface area (Å²) >= 11 is 0. The quantitative estimate of drug-likeness (QED) is 0.421. The van der Waals surface area contributed by atoms with Gasteiger partial charge in [-0.15, -0.1) is 0 Å². The lowest BCUT2D eigenvalue weighted by Gasteiger charge is -2.26. The van der Waals surface area contributed by atoms with Crippen molar-refractivity contribution in [2.75, 3.05) is 27.2 Å². The smallest absolute Gasteiger partial charge is 0.295 e. The number of benzene rings is 2. The third-order valence-corrected chi connectivity index (χ3v) is 6.37. The highest BCUT2D eigenvalue weighted by Gasteiger charge is 2.46. The highest BCUT2D eigenvalue weighted by molar-refractivity contribution is 6.46. The van der Waals surface area contributed by atoms with E-state index in [1.807, 2.05) is 31.1 Å². The third kappa shape index (κ3) is 4.19. The fraction of sp³-hybridized carbons (Fsp3) is 0.385. The molecule has 1 unspecified atom stereocenters. The van der Waals surface area contributed by atoms with Crippen LogP contribution in [0.4, 0.5) is 4.39 Å². The number of ketones is 1. The molecular weight excluding hydrogens is 407 g/mol. The average molecular weight is 437 g/mol. The molecule has 1 atom stereocenters. The molecule has 1 saturated heterocycles. The molecule has 1 N–H and O–H groups in total. The fourth-order valence-corrected chi connectivity index (χ4v) is 4.72. The Kier molecular flexibility index (Phi) is 6.42. The van der Waals surface area contributed by atoms with Crippen LogP contribution in [-0.4, -0.2) is 53.8 Å². The van der Waals surface area contributed by atoms with Gasteiger partial charge < -0.3 is 14.9 Å². The van der Waals surface area contributed by atoms with Crippen LogP contribution in [0.2, 0.25) is 0 Å². The molecule has 32 heavy (non-hydrogen) atoms. The molecule has 0 spiro atoms. The van der Waals surface area contributed by atoms with Crippen molar-refractivity contribution in [1.82, 2.24) is 9.80 Å². The second kappa shape index (κ2) is 9.25. The van der Waals surface area contributed by atoms with Crippen molar-refractivity contribution in [1.29, 1.82) is 0 Å². The van der Waals surface area contributed by atoms with Gasteiger partial charge in [-0.25, -0.2) is 4.39 Å². The van der Waals surface area contributed by atoms with E-state index >= 15 is 0 Å². The molecule has 4 rings (SSSR count). The van der Waals surface area contributed by atoms with Gasteiger partial charge in [-0.3, -0.25) is 9.59 Å². The van der Waals surface area contributed by atoms with E-state index in [1.54, 1.807) is 24.3 Å². The van der Waals surface area contributed by atoms with Crippen molar-refractivity contribution in [3.8, 4) is 0 Å². The van der Waals surface area contributed by atoms with Gasteiger partial charge >= 0.3 is 0 Å². The number of aliphatic hydroxyl groups is 1. The summed E-state index contributed by atoms with van der Waals surface area (Å²) < 4.78 is 14.8. The lowest BCUT2D eigenvalue weighted by molar-refractivity contribution is -0.140. The van der Waals surface area contributed by atoms with Crippen LogP contribution in [0.25, 0.3) is 5.76 Å². The van der Waals surface area contributed by atoms with E-state index in [0.717, 1.165) is 37.8 Å². The monoisotopic (exact) mass is 436 g/mol. The Morgan fingerprint density at radius 1 is 1.09 bits per heavy atom. The summed E-state index contributed by atoms with van der Waals surface area (Å²) in [4.78, 5) is 29.4. The number of nitrogens with zero attached hydrogens (tertiary/aromatic N) is 2. The Morgan fingerprint density at radius 3 is 2.53 bits per heavy atom. The predicted octanol–water partition coefficient (Wildman–Crippen LogP) is 4.08. The van der Waals surface area contributed by atoms with Crippen molar-refractivity contribution in [2.24, 2.45) is 0 Å². The number of amides is 1. The summed E-state index contributed by atoms with van der Waals surface area (Å²) in [5, 5.41) is 11.2. The highest BCUT2D eigenvalue weighted by atomic mass is 19.1. The number of fused-ring (bicyclic) bond motifs is 1. The SMILES string of the molecule is CN(C)CCCN1C(=O)C(=O)/C(=C(/O)c2ccc3c(c2)CCCC3)C1c1ccccc1F. The van der Waals surface area contributed by atoms with Crippen molar-refractivity contribution < 1.29 is 19.1 Å². The molecule has 1 amide bonds. The van der Waals surface area contributed by atoms with Gasteiger partial charge in [-0.1, -0.05) is 30.3 Å². The number of carbonyl (C=O) groups excluding carboxylic acids is 2. The van der Waals surface area contributed by atoms with E-state index < -0.39 is 23.5 Å².